The number of pyridine rings is 1. The Morgan fingerprint density at radius 1 is 1.21 bits per heavy atom. The maximum absolute atomic E-state index is 13.0. The van der Waals surface area contributed by atoms with Gasteiger partial charge in [-0.1, -0.05) is 0 Å². The average molecular weight is 407 g/mol. The lowest BCUT2D eigenvalue weighted by Gasteiger charge is -2.15. The van der Waals surface area contributed by atoms with Crippen LogP contribution < -0.4 is 10.1 Å². The molecule has 0 saturated carbocycles. The Morgan fingerprint density at radius 3 is 2.66 bits per heavy atom. The summed E-state index contributed by atoms with van der Waals surface area (Å²) in [5.41, 5.74) is -0.873. The van der Waals surface area contributed by atoms with Crippen LogP contribution in [0.3, 0.4) is 0 Å². The average Bonchev–Trinajstić information content (AvgIpc) is 3.23. The number of hydrogen-bond donors (Lipinski definition) is 1. The van der Waals surface area contributed by atoms with E-state index in [0.29, 0.717) is 5.82 Å². The van der Waals surface area contributed by atoms with Crippen LogP contribution in [0.2, 0.25) is 0 Å². The second kappa shape index (κ2) is 8.69. The molecule has 0 aliphatic rings. The van der Waals surface area contributed by atoms with Gasteiger partial charge >= 0.3 is 6.18 Å². The molecule has 0 bridgehead atoms. The van der Waals surface area contributed by atoms with E-state index >= 15 is 0 Å². The van der Waals surface area contributed by atoms with Crippen molar-refractivity contribution >= 4 is 11.6 Å². The first kappa shape index (κ1) is 20.3. The molecule has 29 heavy (non-hydrogen) atoms. The summed E-state index contributed by atoms with van der Waals surface area (Å²) in [4.78, 5) is 20.4. The molecule has 8 nitrogen and oxygen atoms in total. The van der Waals surface area contributed by atoms with Gasteiger partial charge in [0, 0.05) is 13.3 Å². The maximum Gasteiger partial charge on any atom is 0.416 e. The van der Waals surface area contributed by atoms with Crippen molar-refractivity contribution in [2.45, 2.75) is 6.18 Å². The van der Waals surface area contributed by atoms with Crippen LogP contribution in [-0.4, -0.2) is 46.0 Å². The fourth-order valence-electron chi connectivity index (χ4n) is 2.34. The summed E-state index contributed by atoms with van der Waals surface area (Å²) in [6.07, 6.45) is -0.508. The number of nitrogens with one attached hydrogen (secondary N) is 1. The number of ether oxygens (including phenoxy) is 2. The van der Waals surface area contributed by atoms with E-state index in [-0.39, 0.29) is 30.2 Å². The molecule has 11 heteroatoms. The molecule has 1 amide bonds. The number of carbonyl (C=O) groups is 1. The first-order valence-electron chi connectivity index (χ1n) is 8.34. The van der Waals surface area contributed by atoms with Gasteiger partial charge in [0.25, 0.3) is 5.91 Å². The lowest BCUT2D eigenvalue weighted by atomic mass is 10.1. The predicted molar refractivity (Wildman–Crippen MR) is 95.9 cm³/mol. The second-order valence-electron chi connectivity index (χ2n) is 5.75. The lowest BCUT2D eigenvalue weighted by Crippen LogP contribution is -2.16. The standard InChI is InChI=1S/C18H16F3N5O3/c1-28-6-7-29-15-4-3-13(18(19,20)21)8-14(15)25-17(27)12-2-5-16(23-9-12)26-11-22-10-24-26/h2-5,8-11H,6-7H2,1H3,(H,25,27). The summed E-state index contributed by atoms with van der Waals surface area (Å²) < 4.78 is 50.8. The van der Waals surface area contributed by atoms with Gasteiger partial charge in [-0.2, -0.15) is 18.3 Å². The number of anilines is 1. The quantitative estimate of drug-likeness (QED) is 0.606. The largest absolute Gasteiger partial charge is 0.489 e. The Balaban J connectivity index is 1.81. The molecule has 2 aromatic heterocycles. The Bertz CT molecular complexity index is 960. The minimum absolute atomic E-state index is 0.0931. The van der Waals surface area contributed by atoms with Crippen molar-refractivity contribution in [1.82, 2.24) is 19.7 Å². The van der Waals surface area contributed by atoms with Crippen molar-refractivity contribution in [3.63, 3.8) is 0 Å². The molecule has 0 saturated heterocycles. The number of carbonyl (C=O) groups excluding carboxylic acids is 1. The third kappa shape index (κ3) is 5.08. The fraction of sp³-hybridized carbons (Fsp3) is 0.222. The molecule has 3 rings (SSSR count). The van der Waals surface area contributed by atoms with E-state index in [1.54, 1.807) is 0 Å². The van der Waals surface area contributed by atoms with Gasteiger partial charge in [0.05, 0.1) is 23.4 Å². The van der Waals surface area contributed by atoms with Crippen molar-refractivity contribution in [2.75, 3.05) is 25.6 Å². The molecule has 0 fully saturated rings. The zero-order valence-electron chi connectivity index (χ0n) is 15.2. The SMILES string of the molecule is COCCOc1ccc(C(F)(F)F)cc1NC(=O)c1ccc(-n2cncn2)nc1. The predicted octanol–water partition coefficient (Wildman–Crippen LogP) is 2.96. The van der Waals surface area contributed by atoms with Gasteiger partial charge in [0.15, 0.2) is 5.82 Å². The summed E-state index contributed by atoms with van der Waals surface area (Å²) in [5, 5.41) is 6.36. The van der Waals surface area contributed by atoms with Crippen LogP contribution in [0.5, 0.6) is 5.75 Å². The molecule has 0 aliphatic carbocycles. The number of hydrogen-bond acceptors (Lipinski definition) is 6. The monoisotopic (exact) mass is 407 g/mol. The number of alkyl halides is 3. The second-order valence-corrected chi connectivity index (χ2v) is 5.75. The number of amides is 1. The summed E-state index contributed by atoms with van der Waals surface area (Å²) in [6, 6.07) is 5.85. The van der Waals surface area contributed by atoms with Gasteiger partial charge in [-0.25, -0.2) is 14.6 Å². The van der Waals surface area contributed by atoms with Crippen molar-refractivity contribution < 1.29 is 27.4 Å². The molecule has 3 aromatic rings. The summed E-state index contributed by atoms with van der Waals surface area (Å²) in [7, 11) is 1.47. The molecular formula is C18H16F3N5O3. The third-order valence-electron chi connectivity index (χ3n) is 3.76. The van der Waals surface area contributed by atoms with Crippen LogP contribution in [0.1, 0.15) is 15.9 Å². The zero-order valence-corrected chi connectivity index (χ0v) is 15.2. The highest BCUT2D eigenvalue weighted by atomic mass is 19.4. The minimum Gasteiger partial charge on any atom is -0.489 e. The number of nitrogens with zero attached hydrogens (tertiary/aromatic N) is 4. The van der Waals surface area contributed by atoms with E-state index in [4.69, 9.17) is 9.47 Å². The van der Waals surface area contributed by atoms with E-state index in [2.05, 4.69) is 20.4 Å². The number of rotatable bonds is 7. The fourth-order valence-corrected chi connectivity index (χ4v) is 2.34. The van der Waals surface area contributed by atoms with E-state index < -0.39 is 17.6 Å². The summed E-state index contributed by atoms with van der Waals surface area (Å²) in [5.74, 6) is -0.115. The van der Waals surface area contributed by atoms with Crippen molar-refractivity contribution in [3.8, 4) is 11.6 Å². The molecule has 0 unspecified atom stereocenters. The first-order chi connectivity index (χ1) is 13.9. The van der Waals surface area contributed by atoms with Crippen molar-refractivity contribution in [2.24, 2.45) is 0 Å². The molecule has 2 heterocycles. The van der Waals surface area contributed by atoms with Crippen LogP contribution in [0.25, 0.3) is 5.82 Å². The van der Waals surface area contributed by atoms with Gasteiger partial charge in [-0.15, -0.1) is 0 Å². The van der Waals surface area contributed by atoms with Crippen LogP contribution in [-0.2, 0) is 10.9 Å². The zero-order chi connectivity index (χ0) is 20.9. The number of benzene rings is 1. The van der Waals surface area contributed by atoms with Crippen LogP contribution in [0.4, 0.5) is 18.9 Å². The summed E-state index contributed by atoms with van der Waals surface area (Å²) in [6.45, 7) is 0.348. The topological polar surface area (TPSA) is 91.2 Å². The molecule has 0 atom stereocenters. The molecule has 0 spiro atoms. The van der Waals surface area contributed by atoms with Gasteiger partial charge in [-0.05, 0) is 30.3 Å². The van der Waals surface area contributed by atoms with E-state index in [9.17, 15) is 18.0 Å². The number of halogens is 3. The number of aromatic nitrogens is 4. The van der Waals surface area contributed by atoms with Gasteiger partial charge < -0.3 is 14.8 Å². The highest BCUT2D eigenvalue weighted by Crippen LogP contribution is 2.35. The molecular weight excluding hydrogens is 391 g/mol. The highest BCUT2D eigenvalue weighted by molar-refractivity contribution is 6.04. The van der Waals surface area contributed by atoms with E-state index in [1.807, 2.05) is 0 Å². The van der Waals surface area contributed by atoms with E-state index in [1.165, 1.54) is 42.8 Å². The number of methoxy groups -OCH3 is 1. The van der Waals surface area contributed by atoms with Crippen LogP contribution >= 0.6 is 0 Å². The maximum atomic E-state index is 13.0. The Morgan fingerprint density at radius 2 is 2.03 bits per heavy atom. The smallest absolute Gasteiger partial charge is 0.416 e. The normalized spacial score (nSPS) is 11.3. The molecule has 152 valence electrons. The Kier molecular flexibility index (Phi) is 6.07. The molecule has 0 aliphatic heterocycles. The van der Waals surface area contributed by atoms with E-state index in [0.717, 1.165) is 18.2 Å². The molecule has 1 aromatic carbocycles. The molecule has 1 N–H and O–H groups in total. The lowest BCUT2D eigenvalue weighted by molar-refractivity contribution is -0.137. The van der Waals surface area contributed by atoms with Crippen LogP contribution in [0, 0.1) is 0 Å². The van der Waals surface area contributed by atoms with Crippen LogP contribution in [0.15, 0.2) is 49.2 Å². The Labute approximate surface area is 163 Å². The molecule has 0 radical (unpaired) electrons. The minimum atomic E-state index is -4.56. The van der Waals surface area contributed by atoms with Gasteiger partial charge in [0.2, 0.25) is 0 Å². The third-order valence-corrected chi connectivity index (χ3v) is 3.76. The van der Waals surface area contributed by atoms with Gasteiger partial charge in [-0.3, -0.25) is 4.79 Å². The first-order valence-corrected chi connectivity index (χ1v) is 8.34. The Hall–Kier alpha value is -3.47. The summed E-state index contributed by atoms with van der Waals surface area (Å²) >= 11 is 0. The van der Waals surface area contributed by atoms with Crippen molar-refractivity contribution in [3.05, 3.63) is 60.3 Å². The van der Waals surface area contributed by atoms with Gasteiger partial charge in [0.1, 0.15) is 25.0 Å². The van der Waals surface area contributed by atoms with Crippen molar-refractivity contribution in [1.29, 1.82) is 0 Å². The highest BCUT2D eigenvalue weighted by Gasteiger charge is 2.31.